The predicted molar refractivity (Wildman–Crippen MR) is 62.4 cm³/mol. The quantitative estimate of drug-likeness (QED) is 0.792. The number of benzene rings is 2. The van der Waals surface area contributed by atoms with Crippen molar-refractivity contribution in [2.24, 2.45) is 0 Å². The molecule has 0 heterocycles. The summed E-state index contributed by atoms with van der Waals surface area (Å²) in [6, 6.07) is 19.7. The van der Waals surface area contributed by atoms with E-state index in [1.54, 1.807) is 12.1 Å². The summed E-state index contributed by atoms with van der Waals surface area (Å²) < 4.78 is 0. The Morgan fingerprint density at radius 1 is 1.00 bits per heavy atom. The Morgan fingerprint density at radius 3 is 1.94 bits per heavy atom. The second kappa shape index (κ2) is 9.82. The molecule has 2 rings (SSSR count). The van der Waals surface area contributed by atoms with Gasteiger partial charge in [0.2, 0.25) is 0 Å². The molecule has 16 heavy (non-hydrogen) atoms. The third-order valence-corrected chi connectivity index (χ3v) is 1.87. The minimum atomic E-state index is 0. The molecule has 0 amide bonds. The summed E-state index contributed by atoms with van der Waals surface area (Å²) in [7, 11) is 0. The fraction of sp³-hybridized carbons (Fsp3) is 0.0714. The van der Waals surface area contributed by atoms with Crippen molar-refractivity contribution in [1.29, 1.82) is 0 Å². The fourth-order valence-corrected chi connectivity index (χ4v) is 1.06. The molecule has 82 valence electrons. The SMILES string of the molecule is [CH2-]Cc1ccccc1O.[Ce].[c-]1ccccc1. The summed E-state index contributed by atoms with van der Waals surface area (Å²) in [5.74, 6) is 0.340. The Labute approximate surface area is 131 Å². The maximum absolute atomic E-state index is 9.07. The molecule has 0 unspecified atom stereocenters. The Kier molecular flexibility index (Phi) is 9.58. The van der Waals surface area contributed by atoms with Crippen molar-refractivity contribution in [3.63, 3.8) is 0 Å². The first kappa shape index (κ1) is 15.6. The summed E-state index contributed by atoms with van der Waals surface area (Å²) in [6.07, 6.45) is 0.646. The Balaban J connectivity index is 0.000000283. The van der Waals surface area contributed by atoms with Crippen LogP contribution in [0, 0.1) is 54.7 Å². The van der Waals surface area contributed by atoms with E-state index in [9.17, 15) is 0 Å². The summed E-state index contributed by atoms with van der Waals surface area (Å²) in [5, 5.41) is 9.07. The van der Waals surface area contributed by atoms with Crippen LogP contribution in [-0.2, 0) is 6.42 Å². The van der Waals surface area contributed by atoms with Crippen LogP contribution >= 0.6 is 0 Å². The fourth-order valence-electron chi connectivity index (χ4n) is 1.06. The van der Waals surface area contributed by atoms with Gasteiger partial charge in [0.25, 0.3) is 0 Å². The number of phenols is 1. The number of hydrogen-bond acceptors (Lipinski definition) is 1. The zero-order valence-electron chi connectivity index (χ0n) is 9.06. The molecular formula is C14H14CeO-2. The Hall–Kier alpha value is -0.383. The molecule has 0 saturated carbocycles. The number of hydrogen-bond donors (Lipinski definition) is 1. The van der Waals surface area contributed by atoms with Crippen LogP contribution in [0.2, 0.25) is 0 Å². The van der Waals surface area contributed by atoms with E-state index in [-0.39, 0.29) is 41.7 Å². The van der Waals surface area contributed by atoms with E-state index in [2.05, 4.69) is 13.0 Å². The third kappa shape index (κ3) is 6.25. The van der Waals surface area contributed by atoms with Gasteiger partial charge in [-0.2, -0.15) is 42.8 Å². The number of rotatable bonds is 1. The molecule has 0 aliphatic rings. The molecule has 2 aromatic rings. The van der Waals surface area contributed by atoms with Crippen LogP contribution in [0.3, 0.4) is 0 Å². The Bertz CT molecular complexity index is 347. The molecule has 0 aliphatic heterocycles. The number of aromatic hydroxyl groups is 1. The normalized spacial score (nSPS) is 8.31. The van der Waals surface area contributed by atoms with Gasteiger partial charge in [-0.25, -0.2) is 0 Å². The van der Waals surface area contributed by atoms with Gasteiger partial charge < -0.3 is 12.0 Å². The monoisotopic (exact) mass is 338 g/mol. The third-order valence-electron chi connectivity index (χ3n) is 1.87. The van der Waals surface area contributed by atoms with E-state index < -0.39 is 0 Å². The van der Waals surface area contributed by atoms with Crippen molar-refractivity contribution in [2.75, 3.05) is 0 Å². The van der Waals surface area contributed by atoms with Crippen molar-refractivity contribution in [2.45, 2.75) is 6.42 Å². The molecule has 0 radical (unpaired) electrons. The molecule has 0 atom stereocenters. The molecule has 1 N–H and O–H groups in total. The first-order valence-corrected chi connectivity index (χ1v) is 4.82. The summed E-state index contributed by atoms with van der Waals surface area (Å²) in [6.45, 7) is 3.66. The largest absolute Gasteiger partial charge is 0.508 e. The van der Waals surface area contributed by atoms with Gasteiger partial charge in [0.05, 0.1) is 0 Å². The van der Waals surface area contributed by atoms with Crippen molar-refractivity contribution < 1.29 is 46.9 Å². The summed E-state index contributed by atoms with van der Waals surface area (Å²) in [4.78, 5) is 0. The van der Waals surface area contributed by atoms with Crippen molar-refractivity contribution in [1.82, 2.24) is 0 Å². The van der Waals surface area contributed by atoms with Crippen LogP contribution < -0.4 is 0 Å². The van der Waals surface area contributed by atoms with Crippen molar-refractivity contribution >= 4 is 0 Å². The number of phenolic OH excluding ortho intramolecular Hbond substituents is 1. The first-order valence-electron chi connectivity index (χ1n) is 4.82. The second-order valence-electron chi connectivity index (χ2n) is 2.96. The predicted octanol–water partition coefficient (Wildman–Crippen LogP) is 3.26. The maximum atomic E-state index is 9.07. The number of para-hydroxylation sites is 1. The molecule has 0 aromatic heterocycles. The van der Waals surface area contributed by atoms with Crippen molar-refractivity contribution in [3.8, 4) is 5.75 Å². The van der Waals surface area contributed by atoms with Crippen LogP contribution in [0.25, 0.3) is 0 Å². The van der Waals surface area contributed by atoms with Gasteiger partial charge in [-0.3, -0.25) is 0 Å². The van der Waals surface area contributed by atoms with Gasteiger partial charge >= 0.3 is 0 Å². The zero-order valence-corrected chi connectivity index (χ0v) is 12.2. The van der Waals surface area contributed by atoms with Gasteiger partial charge in [0, 0.05) is 41.7 Å². The molecule has 0 aliphatic carbocycles. The van der Waals surface area contributed by atoms with Gasteiger partial charge in [-0.15, -0.1) is 0 Å². The van der Waals surface area contributed by atoms with Crippen LogP contribution in [0.4, 0.5) is 0 Å². The van der Waals surface area contributed by atoms with Crippen LogP contribution in [0.15, 0.2) is 54.6 Å². The standard InChI is InChI=1S/C8H9O.C6H5.Ce/c1-2-7-5-3-4-6-8(7)9;1-2-4-6-5-3-1;/h3-6,9H,1-2H2;1-5H;/q2*-1;. The molecule has 0 spiro atoms. The Morgan fingerprint density at radius 2 is 1.62 bits per heavy atom. The van der Waals surface area contributed by atoms with Gasteiger partial charge in [-0.1, -0.05) is 18.2 Å². The molecular weight excluding hydrogens is 324 g/mol. The molecule has 0 bridgehead atoms. The average Bonchev–Trinajstić information content (AvgIpc) is 2.33. The van der Waals surface area contributed by atoms with E-state index in [0.29, 0.717) is 12.2 Å². The molecule has 2 heteroatoms. The second-order valence-corrected chi connectivity index (χ2v) is 2.96. The smallest absolute Gasteiger partial charge is 0.116 e. The van der Waals surface area contributed by atoms with E-state index in [1.165, 1.54) is 0 Å². The summed E-state index contributed by atoms with van der Waals surface area (Å²) in [5.41, 5.74) is 0.900. The van der Waals surface area contributed by atoms with E-state index in [1.807, 2.05) is 42.5 Å². The van der Waals surface area contributed by atoms with Gasteiger partial charge in [-0.05, 0) is 11.6 Å². The average molecular weight is 338 g/mol. The molecule has 2 aromatic carbocycles. The first-order chi connectivity index (χ1) is 7.34. The van der Waals surface area contributed by atoms with Gasteiger partial charge in [0.15, 0.2) is 0 Å². The molecule has 0 saturated heterocycles. The minimum absolute atomic E-state index is 0. The molecule has 1 nitrogen and oxygen atoms in total. The zero-order chi connectivity index (χ0) is 10.9. The van der Waals surface area contributed by atoms with Crippen molar-refractivity contribution in [3.05, 3.63) is 73.2 Å². The van der Waals surface area contributed by atoms with Crippen LogP contribution in [0.1, 0.15) is 5.56 Å². The maximum Gasteiger partial charge on any atom is 0.116 e. The van der Waals surface area contributed by atoms with Crippen LogP contribution in [-0.4, -0.2) is 5.11 Å². The topological polar surface area (TPSA) is 20.2 Å². The van der Waals surface area contributed by atoms with E-state index in [0.717, 1.165) is 5.56 Å². The van der Waals surface area contributed by atoms with Gasteiger partial charge in [0.1, 0.15) is 5.75 Å². The van der Waals surface area contributed by atoms with Crippen LogP contribution in [0.5, 0.6) is 5.75 Å². The minimum Gasteiger partial charge on any atom is -0.508 e. The molecule has 0 fully saturated rings. The summed E-state index contributed by atoms with van der Waals surface area (Å²) >= 11 is 0. The van der Waals surface area contributed by atoms with E-state index in [4.69, 9.17) is 5.11 Å². The van der Waals surface area contributed by atoms with E-state index >= 15 is 0 Å².